The Labute approximate surface area is 137 Å². The molecule has 0 amide bonds. The van der Waals surface area contributed by atoms with E-state index in [0.717, 1.165) is 22.9 Å². The Kier molecular flexibility index (Phi) is 4.95. The summed E-state index contributed by atoms with van der Waals surface area (Å²) >= 11 is 0. The van der Waals surface area contributed by atoms with Crippen molar-refractivity contribution in [3.8, 4) is 5.75 Å². The quantitative estimate of drug-likeness (QED) is 0.863. The van der Waals surface area contributed by atoms with Crippen molar-refractivity contribution in [3.63, 3.8) is 0 Å². The fraction of sp³-hybridized carbons (Fsp3) is 0.444. The average Bonchev–Trinajstić information content (AvgIpc) is 2.55. The van der Waals surface area contributed by atoms with Crippen LogP contribution in [0, 0.1) is 6.92 Å². The number of aromatic nitrogens is 2. The molecule has 5 nitrogen and oxygen atoms in total. The van der Waals surface area contributed by atoms with Gasteiger partial charge in [-0.25, -0.2) is 4.98 Å². The second-order valence-electron chi connectivity index (χ2n) is 6.05. The highest BCUT2D eigenvalue weighted by Crippen LogP contribution is 2.23. The topological polar surface area (TPSA) is 59.1 Å². The molecule has 5 heteroatoms. The number of rotatable bonds is 5. The molecule has 1 saturated carbocycles. The molecule has 1 aromatic carbocycles. The number of anilines is 3. The molecule has 1 aromatic heterocycles. The predicted octanol–water partition coefficient (Wildman–Crippen LogP) is 4.28. The average molecular weight is 312 g/mol. The summed E-state index contributed by atoms with van der Waals surface area (Å²) in [5.41, 5.74) is 1.86. The summed E-state index contributed by atoms with van der Waals surface area (Å²) in [6.45, 7) is 1.99. The number of benzene rings is 1. The van der Waals surface area contributed by atoms with Gasteiger partial charge in [-0.3, -0.25) is 0 Å². The molecule has 0 radical (unpaired) electrons. The largest absolute Gasteiger partial charge is 0.497 e. The maximum Gasteiger partial charge on any atom is 0.229 e. The van der Waals surface area contributed by atoms with Crippen LogP contribution in [-0.4, -0.2) is 23.1 Å². The summed E-state index contributed by atoms with van der Waals surface area (Å²) in [4.78, 5) is 9.08. The zero-order valence-electron chi connectivity index (χ0n) is 13.8. The molecule has 1 heterocycles. The normalized spacial score (nSPS) is 15.2. The monoisotopic (exact) mass is 312 g/mol. The van der Waals surface area contributed by atoms with Crippen LogP contribution in [0.3, 0.4) is 0 Å². The lowest BCUT2D eigenvalue weighted by molar-refractivity contribution is 0.415. The molecule has 1 aliphatic rings. The van der Waals surface area contributed by atoms with E-state index in [-0.39, 0.29) is 0 Å². The lowest BCUT2D eigenvalue weighted by Crippen LogP contribution is -2.23. The number of aryl methyl sites for hydroxylation is 1. The Hall–Kier alpha value is -2.30. The third-order valence-corrected chi connectivity index (χ3v) is 4.14. The van der Waals surface area contributed by atoms with Crippen molar-refractivity contribution in [1.29, 1.82) is 0 Å². The van der Waals surface area contributed by atoms with Crippen LogP contribution in [0.2, 0.25) is 0 Å². The summed E-state index contributed by atoms with van der Waals surface area (Å²) in [5, 5.41) is 6.81. The molecule has 0 atom stereocenters. The fourth-order valence-electron chi connectivity index (χ4n) is 2.98. The van der Waals surface area contributed by atoms with E-state index in [1.54, 1.807) is 7.11 Å². The first kappa shape index (κ1) is 15.6. The van der Waals surface area contributed by atoms with E-state index in [9.17, 15) is 0 Å². The maximum absolute atomic E-state index is 5.25. The minimum atomic E-state index is 0.530. The van der Waals surface area contributed by atoms with Crippen molar-refractivity contribution in [2.45, 2.75) is 45.1 Å². The van der Waals surface area contributed by atoms with E-state index in [1.165, 1.54) is 32.1 Å². The Morgan fingerprint density at radius 3 is 2.70 bits per heavy atom. The first-order valence-corrected chi connectivity index (χ1v) is 8.26. The van der Waals surface area contributed by atoms with Crippen LogP contribution in [0.1, 0.15) is 37.8 Å². The van der Waals surface area contributed by atoms with Gasteiger partial charge >= 0.3 is 0 Å². The summed E-state index contributed by atoms with van der Waals surface area (Å²) in [7, 11) is 1.66. The molecule has 0 unspecified atom stereocenters. The van der Waals surface area contributed by atoms with Gasteiger partial charge in [0, 0.05) is 29.6 Å². The zero-order valence-corrected chi connectivity index (χ0v) is 13.8. The standard InChI is InChI=1S/C18H24N4O/c1-13-11-17(20-14-7-4-3-5-8-14)22-18(19-13)21-15-9-6-10-16(12-15)23-2/h6,9-12,14H,3-5,7-8H2,1-2H3,(H2,19,20,21,22). The van der Waals surface area contributed by atoms with Crippen molar-refractivity contribution >= 4 is 17.5 Å². The SMILES string of the molecule is COc1cccc(Nc2nc(C)cc(NC3CCCCC3)n2)c1. The van der Waals surface area contributed by atoms with Crippen LogP contribution in [0.5, 0.6) is 5.75 Å². The molecule has 0 bridgehead atoms. The highest BCUT2D eigenvalue weighted by molar-refractivity contribution is 5.57. The Morgan fingerprint density at radius 1 is 1.09 bits per heavy atom. The molecule has 1 fully saturated rings. The Morgan fingerprint density at radius 2 is 1.91 bits per heavy atom. The zero-order chi connectivity index (χ0) is 16.1. The Bertz CT molecular complexity index is 653. The van der Waals surface area contributed by atoms with Crippen LogP contribution in [0.15, 0.2) is 30.3 Å². The van der Waals surface area contributed by atoms with Gasteiger partial charge in [-0.1, -0.05) is 25.3 Å². The van der Waals surface area contributed by atoms with Crippen LogP contribution in [0.4, 0.5) is 17.5 Å². The van der Waals surface area contributed by atoms with Crippen LogP contribution in [0.25, 0.3) is 0 Å². The number of hydrogen-bond donors (Lipinski definition) is 2. The van der Waals surface area contributed by atoms with E-state index >= 15 is 0 Å². The molecule has 1 aliphatic carbocycles. The van der Waals surface area contributed by atoms with Gasteiger partial charge in [0.15, 0.2) is 0 Å². The van der Waals surface area contributed by atoms with Crippen molar-refractivity contribution in [2.24, 2.45) is 0 Å². The van der Waals surface area contributed by atoms with Gasteiger partial charge in [-0.2, -0.15) is 4.98 Å². The van der Waals surface area contributed by atoms with Gasteiger partial charge in [-0.05, 0) is 31.9 Å². The highest BCUT2D eigenvalue weighted by atomic mass is 16.5. The number of nitrogens with zero attached hydrogens (tertiary/aromatic N) is 2. The first-order chi connectivity index (χ1) is 11.2. The minimum absolute atomic E-state index is 0.530. The van der Waals surface area contributed by atoms with Crippen molar-refractivity contribution < 1.29 is 4.74 Å². The molecule has 3 rings (SSSR count). The van der Waals surface area contributed by atoms with Gasteiger partial charge in [0.2, 0.25) is 5.95 Å². The van der Waals surface area contributed by atoms with E-state index in [4.69, 9.17) is 4.74 Å². The lowest BCUT2D eigenvalue weighted by atomic mass is 9.95. The van der Waals surface area contributed by atoms with E-state index in [0.29, 0.717) is 12.0 Å². The van der Waals surface area contributed by atoms with E-state index in [2.05, 4.69) is 20.6 Å². The number of hydrogen-bond acceptors (Lipinski definition) is 5. The number of methoxy groups -OCH3 is 1. The molecule has 0 spiro atoms. The molecule has 23 heavy (non-hydrogen) atoms. The maximum atomic E-state index is 5.25. The molecule has 2 aromatic rings. The highest BCUT2D eigenvalue weighted by Gasteiger charge is 2.14. The van der Waals surface area contributed by atoms with Gasteiger partial charge in [-0.15, -0.1) is 0 Å². The van der Waals surface area contributed by atoms with Crippen LogP contribution < -0.4 is 15.4 Å². The molecule has 2 N–H and O–H groups in total. The van der Waals surface area contributed by atoms with Crippen molar-refractivity contribution in [2.75, 3.05) is 17.7 Å². The first-order valence-electron chi connectivity index (χ1n) is 8.26. The van der Waals surface area contributed by atoms with Crippen molar-refractivity contribution in [3.05, 3.63) is 36.0 Å². The number of nitrogens with one attached hydrogen (secondary N) is 2. The van der Waals surface area contributed by atoms with Gasteiger partial charge in [0.1, 0.15) is 11.6 Å². The lowest BCUT2D eigenvalue weighted by Gasteiger charge is -2.23. The molecule has 0 aliphatic heterocycles. The molecule has 122 valence electrons. The fourth-order valence-corrected chi connectivity index (χ4v) is 2.98. The molecular weight excluding hydrogens is 288 g/mol. The summed E-state index contributed by atoms with van der Waals surface area (Å²) in [6, 6.07) is 10.3. The van der Waals surface area contributed by atoms with Crippen LogP contribution in [-0.2, 0) is 0 Å². The van der Waals surface area contributed by atoms with Gasteiger partial charge < -0.3 is 15.4 Å². The third-order valence-electron chi connectivity index (χ3n) is 4.14. The summed E-state index contributed by atoms with van der Waals surface area (Å²) < 4.78 is 5.25. The molecular formula is C18H24N4O. The van der Waals surface area contributed by atoms with Gasteiger partial charge in [0.05, 0.1) is 7.11 Å². The second kappa shape index (κ2) is 7.31. The van der Waals surface area contributed by atoms with Crippen LogP contribution >= 0.6 is 0 Å². The summed E-state index contributed by atoms with van der Waals surface area (Å²) in [5.74, 6) is 2.31. The van der Waals surface area contributed by atoms with Crippen molar-refractivity contribution in [1.82, 2.24) is 9.97 Å². The third kappa shape index (κ3) is 4.34. The van der Waals surface area contributed by atoms with E-state index < -0.39 is 0 Å². The predicted molar refractivity (Wildman–Crippen MR) is 93.5 cm³/mol. The summed E-state index contributed by atoms with van der Waals surface area (Å²) in [6.07, 6.45) is 6.40. The van der Waals surface area contributed by atoms with E-state index in [1.807, 2.05) is 37.3 Å². The molecule has 0 saturated heterocycles. The minimum Gasteiger partial charge on any atom is -0.497 e. The Balaban J connectivity index is 1.73. The smallest absolute Gasteiger partial charge is 0.229 e. The second-order valence-corrected chi connectivity index (χ2v) is 6.05. The number of ether oxygens (including phenoxy) is 1. The van der Waals surface area contributed by atoms with Gasteiger partial charge in [0.25, 0.3) is 0 Å².